The van der Waals surface area contributed by atoms with E-state index in [1.54, 1.807) is 18.2 Å². The third kappa shape index (κ3) is 5.79. The Morgan fingerprint density at radius 3 is 2.37 bits per heavy atom. The van der Waals surface area contributed by atoms with Gasteiger partial charge in [0.05, 0.1) is 10.6 Å². The fraction of sp³-hybridized carbons (Fsp3) is 0.409. The minimum atomic E-state index is -3.97. The molecule has 1 fully saturated rings. The van der Waals surface area contributed by atoms with Gasteiger partial charge in [0.2, 0.25) is 5.91 Å². The van der Waals surface area contributed by atoms with Crippen LogP contribution < -0.4 is 9.62 Å². The number of hydrogen-bond donors (Lipinski definition) is 1. The van der Waals surface area contributed by atoms with Gasteiger partial charge in [0, 0.05) is 6.54 Å². The summed E-state index contributed by atoms with van der Waals surface area (Å²) >= 11 is 0. The van der Waals surface area contributed by atoms with Crippen molar-refractivity contribution in [3.8, 4) is 0 Å². The normalized spacial score (nSPS) is 15.7. The van der Waals surface area contributed by atoms with Gasteiger partial charge in [-0.15, -0.1) is 0 Å². The molecule has 1 heterocycles. The molecule has 1 aliphatic rings. The summed E-state index contributed by atoms with van der Waals surface area (Å²) in [6, 6.07) is 13.0. The van der Waals surface area contributed by atoms with Crippen molar-refractivity contribution in [1.82, 2.24) is 10.2 Å². The smallest absolute Gasteiger partial charge is 0.264 e. The van der Waals surface area contributed by atoms with E-state index in [1.165, 1.54) is 36.4 Å². The third-order valence-electron chi connectivity index (χ3n) is 5.45. The van der Waals surface area contributed by atoms with Crippen molar-refractivity contribution in [3.63, 3.8) is 0 Å². The average Bonchev–Trinajstić information content (AvgIpc) is 2.75. The van der Waals surface area contributed by atoms with E-state index in [9.17, 15) is 17.6 Å². The molecule has 3 rings (SSSR count). The van der Waals surface area contributed by atoms with Gasteiger partial charge in [-0.05, 0) is 81.7 Å². The maximum absolute atomic E-state index is 13.3. The van der Waals surface area contributed by atoms with Crippen LogP contribution in [-0.4, -0.2) is 52.5 Å². The molecular weight excluding hydrogens is 405 g/mol. The first-order valence-electron chi connectivity index (χ1n) is 10.1. The molecule has 1 aliphatic heterocycles. The Morgan fingerprint density at radius 2 is 1.73 bits per heavy atom. The van der Waals surface area contributed by atoms with E-state index in [-0.39, 0.29) is 23.0 Å². The molecule has 6 nitrogen and oxygen atoms in total. The van der Waals surface area contributed by atoms with Crippen LogP contribution in [0.3, 0.4) is 0 Å². The van der Waals surface area contributed by atoms with Gasteiger partial charge in [-0.2, -0.15) is 0 Å². The van der Waals surface area contributed by atoms with E-state index in [1.807, 2.05) is 0 Å². The Morgan fingerprint density at radius 1 is 1.10 bits per heavy atom. The molecule has 0 aliphatic carbocycles. The summed E-state index contributed by atoms with van der Waals surface area (Å²) in [6.07, 6.45) is 3.09. The highest BCUT2D eigenvalue weighted by molar-refractivity contribution is 7.92. The fourth-order valence-electron chi connectivity index (χ4n) is 3.59. The highest BCUT2D eigenvalue weighted by Gasteiger charge is 2.27. The number of anilines is 1. The number of carbonyl (C=O) groups excluding carboxylic acids is 1. The third-order valence-corrected chi connectivity index (χ3v) is 7.23. The van der Waals surface area contributed by atoms with E-state index in [2.05, 4.69) is 17.3 Å². The van der Waals surface area contributed by atoms with Gasteiger partial charge in [0.1, 0.15) is 12.4 Å². The van der Waals surface area contributed by atoms with Crippen molar-refractivity contribution >= 4 is 21.6 Å². The van der Waals surface area contributed by atoms with Crippen molar-refractivity contribution in [2.75, 3.05) is 37.5 Å². The Hall–Kier alpha value is -2.45. The zero-order chi connectivity index (χ0) is 21.6. The van der Waals surface area contributed by atoms with Gasteiger partial charge >= 0.3 is 0 Å². The molecule has 0 bridgehead atoms. The number of piperidine rings is 1. The number of nitrogens with zero attached hydrogens (tertiary/aromatic N) is 2. The lowest BCUT2D eigenvalue weighted by Gasteiger charge is -2.29. The summed E-state index contributed by atoms with van der Waals surface area (Å²) in [5, 5.41) is 2.84. The number of sulfonamides is 1. The lowest BCUT2D eigenvalue weighted by molar-refractivity contribution is -0.119. The van der Waals surface area contributed by atoms with Crippen molar-refractivity contribution in [1.29, 1.82) is 0 Å². The van der Waals surface area contributed by atoms with Crippen LogP contribution in [0.5, 0.6) is 0 Å². The molecule has 2 aromatic rings. The predicted molar refractivity (Wildman–Crippen MR) is 115 cm³/mol. The van der Waals surface area contributed by atoms with Crippen molar-refractivity contribution in [3.05, 3.63) is 60.4 Å². The van der Waals surface area contributed by atoms with Crippen LogP contribution in [0.4, 0.5) is 10.1 Å². The van der Waals surface area contributed by atoms with E-state index < -0.39 is 15.8 Å². The lowest BCUT2D eigenvalue weighted by Crippen LogP contribution is -2.41. The number of rotatable bonds is 8. The SMILES string of the molecule is CN1CCC(CCNC(=O)CN(c2ccc(F)cc2)S(=O)(=O)c2ccccc2)CC1. The lowest BCUT2D eigenvalue weighted by atomic mass is 9.94. The predicted octanol–water partition coefficient (Wildman–Crippen LogP) is 2.87. The van der Waals surface area contributed by atoms with Gasteiger partial charge in [0.25, 0.3) is 10.0 Å². The summed E-state index contributed by atoms with van der Waals surface area (Å²) < 4.78 is 40.7. The fourth-order valence-corrected chi connectivity index (χ4v) is 5.04. The monoisotopic (exact) mass is 433 g/mol. The van der Waals surface area contributed by atoms with E-state index in [0.29, 0.717) is 12.5 Å². The zero-order valence-corrected chi connectivity index (χ0v) is 17.9. The molecule has 0 radical (unpaired) electrons. The molecule has 30 heavy (non-hydrogen) atoms. The summed E-state index contributed by atoms with van der Waals surface area (Å²) in [7, 11) is -1.86. The van der Waals surface area contributed by atoms with Crippen LogP contribution in [0.25, 0.3) is 0 Å². The minimum Gasteiger partial charge on any atom is -0.355 e. The topological polar surface area (TPSA) is 69.7 Å². The summed E-state index contributed by atoms with van der Waals surface area (Å²) in [5.74, 6) is -0.284. The molecule has 162 valence electrons. The first-order chi connectivity index (χ1) is 14.4. The van der Waals surface area contributed by atoms with Crippen molar-refractivity contribution in [2.24, 2.45) is 5.92 Å². The Kier molecular flexibility index (Phi) is 7.44. The molecule has 0 saturated carbocycles. The first-order valence-corrected chi connectivity index (χ1v) is 11.6. The molecule has 0 atom stereocenters. The maximum atomic E-state index is 13.3. The van der Waals surface area contributed by atoms with Crippen LogP contribution >= 0.6 is 0 Å². The largest absolute Gasteiger partial charge is 0.355 e. The number of hydrogen-bond acceptors (Lipinski definition) is 4. The van der Waals surface area contributed by atoms with Gasteiger partial charge < -0.3 is 10.2 Å². The Labute approximate surface area is 177 Å². The quantitative estimate of drug-likeness (QED) is 0.695. The molecule has 1 amide bonds. The summed E-state index contributed by atoms with van der Waals surface area (Å²) in [6.45, 7) is 2.27. The zero-order valence-electron chi connectivity index (χ0n) is 17.1. The van der Waals surface area contributed by atoms with Crippen molar-refractivity contribution < 1.29 is 17.6 Å². The van der Waals surface area contributed by atoms with Crippen LogP contribution in [0.2, 0.25) is 0 Å². The summed E-state index contributed by atoms with van der Waals surface area (Å²) in [5.41, 5.74) is 0.241. The van der Waals surface area contributed by atoms with Crippen LogP contribution in [-0.2, 0) is 14.8 Å². The van der Waals surface area contributed by atoms with E-state index in [4.69, 9.17) is 0 Å². The van der Waals surface area contributed by atoms with Crippen LogP contribution in [0, 0.1) is 11.7 Å². The van der Waals surface area contributed by atoms with Crippen LogP contribution in [0.15, 0.2) is 59.5 Å². The van der Waals surface area contributed by atoms with E-state index in [0.717, 1.165) is 36.7 Å². The minimum absolute atomic E-state index is 0.0773. The average molecular weight is 434 g/mol. The number of nitrogens with one attached hydrogen (secondary N) is 1. The molecule has 8 heteroatoms. The second-order valence-electron chi connectivity index (χ2n) is 7.69. The van der Waals surface area contributed by atoms with Crippen molar-refractivity contribution in [2.45, 2.75) is 24.2 Å². The second-order valence-corrected chi connectivity index (χ2v) is 9.55. The molecular formula is C22H28FN3O3S. The molecule has 0 aromatic heterocycles. The maximum Gasteiger partial charge on any atom is 0.264 e. The number of likely N-dealkylation sites (tertiary alicyclic amines) is 1. The second kappa shape index (κ2) is 10.0. The molecule has 1 N–H and O–H groups in total. The molecule has 0 spiro atoms. The molecule has 0 unspecified atom stereocenters. The van der Waals surface area contributed by atoms with Gasteiger partial charge in [-0.25, -0.2) is 12.8 Å². The first kappa shape index (κ1) is 22.2. The van der Waals surface area contributed by atoms with Gasteiger partial charge in [-0.3, -0.25) is 9.10 Å². The van der Waals surface area contributed by atoms with Crippen LogP contribution in [0.1, 0.15) is 19.3 Å². The molecule has 1 saturated heterocycles. The van der Waals surface area contributed by atoms with E-state index >= 15 is 0 Å². The Bertz CT molecular complexity index is 928. The highest BCUT2D eigenvalue weighted by Crippen LogP contribution is 2.24. The van der Waals surface area contributed by atoms with Gasteiger partial charge in [0.15, 0.2) is 0 Å². The number of halogens is 1. The van der Waals surface area contributed by atoms with Gasteiger partial charge in [-0.1, -0.05) is 18.2 Å². The highest BCUT2D eigenvalue weighted by atomic mass is 32.2. The Balaban J connectivity index is 1.68. The number of amides is 1. The number of carbonyl (C=O) groups is 1. The molecule has 2 aromatic carbocycles. The standard InChI is InChI=1S/C22H28FN3O3S/c1-25-15-12-18(13-16-25)11-14-24-22(27)17-26(20-9-7-19(23)8-10-20)30(28,29)21-5-3-2-4-6-21/h2-10,18H,11-17H2,1H3,(H,24,27). The summed E-state index contributed by atoms with van der Waals surface area (Å²) in [4.78, 5) is 14.9. The number of benzene rings is 2.